The normalized spacial score (nSPS) is 15.5. The maximum atomic E-state index is 13.3. The molecule has 32 heavy (non-hydrogen) atoms. The first-order valence-corrected chi connectivity index (χ1v) is 11.0. The van der Waals surface area contributed by atoms with Crippen LogP contribution in [0.5, 0.6) is 0 Å². The molecular formula is C24H19Cl2N3O2S. The van der Waals surface area contributed by atoms with Crippen molar-refractivity contribution >= 4 is 64.1 Å². The van der Waals surface area contributed by atoms with Gasteiger partial charge in [-0.2, -0.15) is 0 Å². The fourth-order valence-corrected chi connectivity index (χ4v) is 4.47. The van der Waals surface area contributed by atoms with E-state index in [1.54, 1.807) is 30.3 Å². The number of rotatable bonds is 3. The Labute approximate surface area is 201 Å². The molecule has 162 valence electrons. The topological polar surface area (TPSA) is 54.3 Å². The van der Waals surface area contributed by atoms with Crippen molar-refractivity contribution in [1.29, 1.82) is 0 Å². The zero-order chi connectivity index (χ0) is 23.2. The summed E-state index contributed by atoms with van der Waals surface area (Å²) in [6.45, 7) is 5.85. The maximum Gasteiger partial charge on any atom is 0.270 e. The van der Waals surface area contributed by atoms with E-state index in [4.69, 9.17) is 35.4 Å². The van der Waals surface area contributed by atoms with Crippen molar-refractivity contribution in [3.63, 3.8) is 0 Å². The molecule has 3 aromatic rings. The number of aromatic nitrogens is 1. The fraction of sp³-hybridized carbons (Fsp3) is 0.125. The average Bonchev–Trinajstić information content (AvgIpc) is 3.01. The van der Waals surface area contributed by atoms with Crippen molar-refractivity contribution in [3.8, 4) is 5.69 Å². The standard InChI is InChI=1S/C24H19Cl2N3O2S/c1-13-11-16(15(3)28(13)20-10-6-8-18(25)14(20)2)12-17-22(30)27-24(32)29(23(17)31)21-9-5-4-7-19(21)26/h4-12H,1-3H3,(H,27,30,32)/b17-12+. The smallest absolute Gasteiger partial charge is 0.270 e. The van der Waals surface area contributed by atoms with Crippen molar-refractivity contribution in [2.24, 2.45) is 0 Å². The number of benzene rings is 2. The number of aryl methyl sites for hydroxylation is 1. The van der Waals surface area contributed by atoms with Crippen LogP contribution in [0.2, 0.25) is 10.0 Å². The largest absolute Gasteiger partial charge is 0.318 e. The molecule has 2 amide bonds. The first-order valence-electron chi connectivity index (χ1n) is 9.81. The molecule has 0 atom stereocenters. The number of carbonyl (C=O) groups is 2. The summed E-state index contributed by atoms with van der Waals surface area (Å²) >= 11 is 17.8. The van der Waals surface area contributed by atoms with E-state index >= 15 is 0 Å². The molecule has 1 aliphatic heterocycles. The highest BCUT2D eigenvalue weighted by atomic mass is 35.5. The number of nitrogens with zero attached hydrogens (tertiary/aromatic N) is 2. The molecule has 1 aromatic heterocycles. The van der Waals surface area contributed by atoms with Crippen LogP contribution < -0.4 is 10.2 Å². The maximum absolute atomic E-state index is 13.3. The predicted octanol–water partition coefficient (Wildman–Crippen LogP) is 5.54. The van der Waals surface area contributed by atoms with Gasteiger partial charge in [0.05, 0.1) is 10.7 Å². The van der Waals surface area contributed by atoms with Gasteiger partial charge in [-0.15, -0.1) is 0 Å². The van der Waals surface area contributed by atoms with Crippen LogP contribution in [0.1, 0.15) is 22.5 Å². The van der Waals surface area contributed by atoms with Crippen molar-refractivity contribution in [3.05, 3.63) is 86.7 Å². The van der Waals surface area contributed by atoms with Crippen molar-refractivity contribution < 1.29 is 9.59 Å². The van der Waals surface area contributed by atoms with Crippen molar-refractivity contribution in [2.45, 2.75) is 20.8 Å². The van der Waals surface area contributed by atoms with Gasteiger partial charge < -0.3 is 4.57 Å². The third-order valence-corrected chi connectivity index (χ3v) is 6.46. The number of nitrogens with one attached hydrogen (secondary N) is 1. The molecule has 1 saturated heterocycles. The molecule has 4 rings (SSSR count). The third-order valence-electron chi connectivity index (χ3n) is 5.45. The van der Waals surface area contributed by atoms with E-state index in [-0.39, 0.29) is 10.7 Å². The highest BCUT2D eigenvalue weighted by Gasteiger charge is 2.35. The van der Waals surface area contributed by atoms with Crippen LogP contribution in [-0.4, -0.2) is 21.5 Å². The Hall–Kier alpha value is -2.93. The van der Waals surface area contributed by atoms with E-state index < -0.39 is 11.8 Å². The molecule has 1 fully saturated rings. The summed E-state index contributed by atoms with van der Waals surface area (Å²) in [5.41, 5.74) is 4.83. The minimum atomic E-state index is -0.549. The van der Waals surface area contributed by atoms with Crippen LogP contribution >= 0.6 is 35.4 Å². The van der Waals surface area contributed by atoms with Gasteiger partial charge in [-0.25, -0.2) is 0 Å². The number of para-hydroxylation sites is 1. The average molecular weight is 484 g/mol. The lowest BCUT2D eigenvalue weighted by Gasteiger charge is -2.29. The van der Waals surface area contributed by atoms with Gasteiger partial charge in [0.25, 0.3) is 11.8 Å². The first kappa shape index (κ1) is 22.3. The summed E-state index contributed by atoms with van der Waals surface area (Å²) in [5, 5.41) is 3.60. The molecule has 0 radical (unpaired) electrons. The Morgan fingerprint density at radius 2 is 1.59 bits per heavy atom. The zero-order valence-corrected chi connectivity index (χ0v) is 19.9. The lowest BCUT2D eigenvalue weighted by atomic mass is 10.1. The van der Waals surface area contributed by atoms with E-state index in [2.05, 4.69) is 9.88 Å². The van der Waals surface area contributed by atoms with Gasteiger partial charge in [-0.3, -0.25) is 19.8 Å². The van der Waals surface area contributed by atoms with Gasteiger partial charge in [0.15, 0.2) is 5.11 Å². The van der Waals surface area contributed by atoms with Crippen LogP contribution in [0, 0.1) is 20.8 Å². The quantitative estimate of drug-likeness (QED) is 0.302. The Morgan fingerprint density at radius 3 is 2.31 bits per heavy atom. The highest BCUT2D eigenvalue weighted by molar-refractivity contribution is 7.80. The summed E-state index contributed by atoms with van der Waals surface area (Å²) in [5.74, 6) is -1.08. The second-order valence-corrected chi connectivity index (χ2v) is 8.66. The van der Waals surface area contributed by atoms with E-state index in [0.29, 0.717) is 15.7 Å². The molecule has 1 N–H and O–H groups in total. The predicted molar refractivity (Wildman–Crippen MR) is 133 cm³/mol. The molecule has 2 heterocycles. The number of amides is 2. The number of halogens is 2. The molecular weight excluding hydrogens is 465 g/mol. The minimum Gasteiger partial charge on any atom is -0.318 e. The van der Waals surface area contributed by atoms with E-state index in [0.717, 1.165) is 28.2 Å². The van der Waals surface area contributed by atoms with Gasteiger partial charge >= 0.3 is 0 Å². The molecule has 0 spiro atoms. The molecule has 0 unspecified atom stereocenters. The zero-order valence-electron chi connectivity index (χ0n) is 17.6. The Kier molecular flexibility index (Phi) is 5.95. The molecule has 0 bridgehead atoms. The van der Waals surface area contributed by atoms with Crippen LogP contribution in [0.4, 0.5) is 5.69 Å². The second kappa shape index (κ2) is 8.54. The van der Waals surface area contributed by atoms with E-state index in [9.17, 15) is 9.59 Å². The molecule has 1 aliphatic rings. The fourth-order valence-electron chi connectivity index (χ4n) is 3.81. The number of thiocarbonyl (C=S) groups is 1. The van der Waals surface area contributed by atoms with Gasteiger partial charge in [0, 0.05) is 22.1 Å². The van der Waals surface area contributed by atoms with Gasteiger partial charge in [-0.1, -0.05) is 41.4 Å². The summed E-state index contributed by atoms with van der Waals surface area (Å²) in [6.07, 6.45) is 1.59. The van der Waals surface area contributed by atoms with E-state index in [1.807, 2.05) is 45.0 Å². The van der Waals surface area contributed by atoms with Crippen LogP contribution in [0.15, 0.2) is 54.1 Å². The molecule has 8 heteroatoms. The van der Waals surface area contributed by atoms with Crippen molar-refractivity contribution in [1.82, 2.24) is 9.88 Å². The summed E-state index contributed by atoms with van der Waals surface area (Å²) < 4.78 is 2.05. The number of hydrogen-bond donors (Lipinski definition) is 1. The molecule has 5 nitrogen and oxygen atoms in total. The highest BCUT2D eigenvalue weighted by Crippen LogP contribution is 2.31. The Balaban J connectivity index is 1.81. The van der Waals surface area contributed by atoms with E-state index in [1.165, 1.54) is 4.90 Å². The summed E-state index contributed by atoms with van der Waals surface area (Å²) in [6, 6.07) is 14.5. The molecule has 2 aromatic carbocycles. The number of carbonyl (C=O) groups excluding carboxylic acids is 2. The van der Waals surface area contributed by atoms with Gasteiger partial charge in [0.2, 0.25) is 0 Å². The third kappa shape index (κ3) is 3.75. The first-order chi connectivity index (χ1) is 15.2. The molecule has 0 saturated carbocycles. The van der Waals surface area contributed by atoms with Crippen LogP contribution in [0.3, 0.4) is 0 Å². The Bertz CT molecular complexity index is 1330. The second-order valence-electron chi connectivity index (χ2n) is 7.46. The minimum absolute atomic E-state index is 0.00900. The van der Waals surface area contributed by atoms with Crippen LogP contribution in [-0.2, 0) is 9.59 Å². The van der Waals surface area contributed by atoms with Crippen molar-refractivity contribution in [2.75, 3.05) is 4.90 Å². The Morgan fingerprint density at radius 1 is 0.938 bits per heavy atom. The lowest BCUT2D eigenvalue weighted by Crippen LogP contribution is -2.54. The number of anilines is 1. The lowest BCUT2D eigenvalue weighted by molar-refractivity contribution is -0.122. The SMILES string of the molecule is Cc1c(Cl)cccc1-n1c(C)cc(/C=C2\C(=O)NC(=S)N(c3ccccc3Cl)C2=O)c1C. The number of hydrogen-bond acceptors (Lipinski definition) is 3. The summed E-state index contributed by atoms with van der Waals surface area (Å²) in [7, 11) is 0. The van der Waals surface area contributed by atoms with Crippen LogP contribution in [0.25, 0.3) is 11.8 Å². The van der Waals surface area contributed by atoms with Gasteiger partial charge in [0.1, 0.15) is 5.57 Å². The van der Waals surface area contributed by atoms with Gasteiger partial charge in [-0.05, 0) is 80.5 Å². The monoisotopic (exact) mass is 483 g/mol. The molecule has 0 aliphatic carbocycles. The summed E-state index contributed by atoms with van der Waals surface area (Å²) in [4.78, 5) is 27.2.